The molecular formula is C14H19N5. The van der Waals surface area contributed by atoms with Crippen LogP contribution >= 0.6 is 0 Å². The Morgan fingerprint density at radius 2 is 2.21 bits per heavy atom. The molecule has 5 nitrogen and oxygen atoms in total. The fourth-order valence-corrected chi connectivity index (χ4v) is 2.58. The molecular weight excluding hydrogens is 238 g/mol. The van der Waals surface area contributed by atoms with Crippen LogP contribution in [0.25, 0.3) is 11.4 Å². The number of hydrogen-bond donors (Lipinski definition) is 1. The smallest absolute Gasteiger partial charge is 0.146 e. The van der Waals surface area contributed by atoms with E-state index < -0.39 is 0 Å². The van der Waals surface area contributed by atoms with Gasteiger partial charge in [0.05, 0.1) is 17.4 Å². The molecule has 0 unspecified atom stereocenters. The summed E-state index contributed by atoms with van der Waals surface area (Å²) in [5, 5.41) is 7.71. The number of hydrogen-bond acceptors (Lipinski definition) is 4. The molecule has 5 heteroatoms. The van der Waals surface area contributed by atoms with Gasteiger partial charge in [-0.2, -0.15) is 5.10 Å². The first-order chi connectivity index (χ1) is 9.24. The Hall–Kier alpha value is -1.75. The minimum Gasteiger partial charge on any atom is -0.307 e. The van der Waals surface area contributed by atoms with Gasteiger partial charge in [0.15, 0.2) is 0 Å². The molecule has 0 spiro atoms. The summed E-state index contributed by atoms with van der Waals surface area (Å²) >= 11 is 0. The van der Waals surface area contributed by atoms with Gasteiger partial charge in [-0.05, 0) is 38.4 Å². The minimum atomic E-state index is 0.292. The van der Waals surface area contributed by atoms with E-state index >= 15 is 0 Å². The molecule has 1 aliphatic rings. The molecule has 2 aromatic heterocycles. The van der Waals surface area contributed by atoms with Crippen LogP contribution in [-0.2, 0) is 7.05 Å². The highest BCUT2D eigenvalue weighted by atomic mass is 15.3. The first-order valence-electron chi connectivity index (χ1n) is 6.81. The van der Waals surface area contributed by atoms with Crippen molar-refractivity contribution in [1.29, 1.82) is 0 Å². The molecule has 0 radical (unpaired) electrons. The lowest BCUT2D eigenvalue weighted by Crippen LogP contribution is -2.28. The average Bonchev–Trinajstić information content (AvgIpc) is 2.85. The lowest BCUT2D eigenvalue weighted by Gasteiger charge is -2.22. The Labute approximate surface area is 113 Å². The van der Waals surface area contributed by atoms with Crippen molar-refractivity contribution in [2.24, 2.45) is 7.05 Å². The second-order valence-electron chi connectivity index (χ2n) is 5.10. The molecule has 0 bridgehead atoms. The van der Waals surface area contributed by atoms with Crippen LogP contribution in [0.4, 0.5) is 0 Å². The molecule has 0 aromatic carbocycles. The van der Waals surface area contributed by atoms with Crippen molar-refractivity contribution in [1.82, 2.24) is 25.1 Å². The van der Waals surface area contributed by atoms with Crippen molar-refractivity contribution in [3.05, 3.63) is 29.8 Å². The van der Waals surface area contributed by atoms with Crippen LogP contribution in [0.5, 0.6) is 0 Å². The van der Waals surface area contributed by atoms with Crippen LogP contribution < -0.4 is 5.32 Å². The zero-order chi connectivity index (χ0) is 13.2. The topological polar surface area (TPSA) is 55.6 Å². The summed E-state index contributed by atoms with van der Waals surface area (Å²) in [7, 11) is 1.94. The first-order valence-corrected chi connectivity index (χ1v) is 6.81. The second kappa shape index (κ2) is 5.09. The van der Waals surface area contributed by atoms with Crippen LogP contribution in [0.1, 0.15) is 36.8 Å². The molecule has 100 valence electrons. The zero-order valence-electron chi connectivity index (χ0n) is 11.4. The van der Waals surface area contributed by atoms with Crippen molar-refractivity contribution < 1.29 is 0 Å². The third-order valence-electron chi connectivity index (χ3n) is 3.58. The van der Waals surface area contributed by atoms with E-state index in [4.69, 9.17) is 4.98 Å². The SMILES string of the molecule is Cc1cc(-c2ccnn2C)nc([C@H]2CCCCN2)n1. The van der Waals surface area contributed by atoms with Crippen LogP contribution in [0.3, 0.4) is 0 Å². The van der Waals surface area contributed by atoms with Gasteiger partial charge in [0.1, 0.15) is 5.82 Å². The summed E-state index contributed by atoms with van der Waals surface area (Å²) in [4.78, 5) is 9.32. The largest absolute Gasteiger partial charge is 0.307 e. The molecule has 3 heterocycles. The summed E-state index contributed by atoms with van der Waals surface area (Å²) in [6, 6.07) is 4.30. The van der Waals surface area contributed by atoms with Crippen molar-refractivity contribution in [3.63, 3.8) is 0 Å². The van der Waals surface area contributed by atoms with Gasteiger partial charge >= 0.3 is 0 Å². The van der Waals surface area contributed by atoms with E-state index in [-0.39, 0.29) is 0 Å². The third-order valence-corrected chi connectivity index (χ3v) is 3.58. The third kappa shape index (κ3) is 2.51. The van der Waals surface area contributed by atoms with Gasteiger partial charge in [-0.15, -0.1) is 0 Å². The molecule has 1 saturated heterocycles. The molecule has 2 aromatic rings. The summed E-state index contributed by atoms with van der Waals surface area (Å²) in [5.41, 5.74) is 2.99. The molecule has 1 aliphatic heterocycles. The molecule has 19 heavy (non-hydrogen) atoms. The maximum absolute atomic E-state index is 4.73. The predicted molar refractivity (Wildman–Crippen MR) is 73.6 cm³/mol. The number of rotatable bonds is 2. The van der Waals surface area contributed by atoms with Gasteiger partial charge in [-0.3, -0.25) is 4.68 Å². The summed E-state index contributed by atoms with van der Waals surface area (Å²) < 4.78 is 1.85. The lowest BCUT2D eigenvalue weighted by atomic mass is 10.0. The highest BCUT2D eigenvalue weighted by molar-refractivity contribution is 5.54. The van der Waals surface area contributed by atoms with Crippen LogP contribution in [0.15, 0.2) is 18.3 Å². The van der Waals surface area contributed by atoms with E-state index in [2.05, 4.69) is 15.4 Å². The summed E-state index contributed by atoms with van der Waals surface area (Å²) in [6.45, 7) is 3.08. The van der Waals surface area contributed by atoms with E-state index in [0.717, 1.165) is 35.9 Å². The van der Waals surface area contributed by atoms with E-state index in [9.17, 15) is 0 Å². The number of nitrogens with zero attached hydrogens (tertiary/aromatic N) is 4. The predicted octanol–water partition coefficient (Wildman–Crippen LogP) is 2.00. The Balaban J connectivity index is 1.98. The van der Waals surface area contributed by atoms with Gasteiger partial charge in [0, 0.05) is 18.9 Å². The van der Waals surface area contributed by atoms with Crippen molar-refractivity contribution >= 4 is 0 Å². The van der Waals surface area contributed by atoms with Gasteiger partial charge in [0.25, 0.3) is 0 Å². The average molecular weight is 257 g/mol. The van der Waals surface area contributed by atoms with Crippen molar-refractivity contribution in [3.8, 4) is 11.4 Å². The van der Waals surface area contributed by atoms with Crippen molar-refractivity contribution in [2.45, 2.75) is 32.2 Å². The van der Waals surface area contributed by atoms with Crippen LogP contribution in [0, 0.1) is 6.92 Å². The normalized spacial score (nSPS) is 19.6. The Morgan fingerprint density at radius 3 is 2.89 bits per heavy atom. The number of aryl methyl sites for hydroxylation is 2. The lowest BCUT2D eigenvalue weighted by molar-refractivity contribution is 0.397. The maximum atomic E-state index is 4.73. The van der Waals surface area contributed by atoms with E-state index in [1.54, 1.807) is 6.20 Å². The second-order valence-corrected chi connectivity index (χ2v) is 5.10. The van der Waals surface area contributed by atoms with Gasteiger partial charge < -0.3 is 5.32 Å². The van der Waals surface area contributed by atoms with Crippen LogP contribution in [-0.4, -0.2) is 26.3 Å². The first kappa shape index (κ1) is 12.3. The molecule has 1 atom stereocenters. The van der Waals surface area contributed by atoms with Crippen molar-refractivity contribution in [2.75, 3.05) is 6.54 Å². The number of aromatic nitrogens is 4. The van der Waals surface area contributed by atoms with E-state index in [0.29, 0.717) is 6.04 Å². The molecule has 1 N–H and O–H groups in total. The quantitative estimate of drug-likeness (QED) is 0.894. The zero-order valence-corrected chi connectivity index (χ0v) is 11.4. The summed E-state index contributed by atoms with van der Waals surface area (Å²) in [6.07, 6.45) is 5.41. The fourth-order valence-electron chi connectivity index (χ4n) is 2.58. The maximum Gasteiger partial charge on any atom is 0.146 e. The fraction of sp³-hybridized carbons (Fsp3) is 0.500. The van der Waals surface area contributed by atoms with E-state index in [1.807, 2.05) is 30.8 Å². The Morgan fingerprint density at radius 1 is 1.32 bits per heavy atom. The molecule has 1 fully saturated rings. The van der Waals surface area contributed by atoms with Gasteiger partial charge in [-0.25, -0.2) is 9.97 Å². The Kier molecular flexibility index (Phi) is 3.29. The Bertz CT molecular complexity index is 569. The summed E-state index contributed by atoms with van der Waals surface area (Å²) in [5.74, 6) is 0.913. The number of nitrogens with one attached hydrogen (secondary N) is 1. The molecule has 0 aliphatic carbocycles. The minimum absolute atomic E-state index is 0.292. The molecule has 3 rings (SSSR count). The van der Waals surface area contributed by atoms with Gasteiger partial charge in [0.2, 0.25) is 0 Å². The molecule has 0 saturated carbocycles. The number of piperidine rings is 1. The highest BCUT2D eigenvalue weighted by Crippen LogP contribution is 2.23. The van der Waals surface area contributed by atoms with E-state index in [1.165, 1.54) is 12.8 Å². The molecule has 0 amide bonds. The van der Waals surface area contributed by atoms with Gasteiger partial charge in [-0.1, -0.05) is 6.42 Å². The van der Waals surface area contributed by atoms with Crippen LogP contribution in [0.2, 0.25) is 0 Å². The highest BCUT2D eigenvalue weighted by Gasteiger charge is 2.19. The monoisotopic (exact) mass is 257 g/mol. The standard InChI is InChI=1S/C14H19N5/c1-10-9-12(13-6-8-16-19(13)2)18-14(17-10)11-5-3-4-7-15-11/h6,8-9,11,15H,3-5,7H2,1-2H3/t11-/m1/s1.